The van der Waals surface area contributed by atoms with Crippen molar-refractivity contribution in [2.24, 2.45) is 5.10 Å². The summed E-state index contributed by atoms with van der Waals surface area (Å²) in [5, 5.41) is 33.5. The summed E-state index contributed by atoms with van der Waals surface area (Å²) >= 11 is 0. The fraction of sp³-hybridized carbons (Fsp3) is 0.154. The summed E-state index contributed by atoms with van der Waals surface area (Å²) < 4.78 is 0. The predicted molar refractivity (Wildman–Crippen MR) is 124 cm³/mol. The number of unbranched alkanes of at least 4 members (excludes halogenated alkanes) is 1. The van der Waals surface area contributed by atoms with Gasteiger partial charge in [0.05, 0.1) is 11.8 Å². The lowest BCUT2D eigenvalue weighted by atomic mass is 10.1. The first-order chi connectivity index (χ1) is 15.4. The van der Waals surface area contributed by atoms with E-state index in [1.807, 2.05) is 18.2 Å². The molecule has 162 valence electrons. The number of benzene rings is 3. The molecule has 0 aromatic heterocycles. The Balaban J connectivity index is 1.62. The van der Waals surface area contributed by atoms with Gasteiger partial charge < -0.3 is 15.3 Å². The predicted octanol–water partition coefficient (Wildman–Crippen LogP) is 4.25. The number of nitrogens with one attached hydrogen (secondary N) is 1. The molecule has 0 spiro atoms. The lowest BCUT2D eigenvalue weighted by molar-refractivity contribution is 0.0955. The second kappa shape index (κ2) is 10.7. The Hall–Kier alpha value is -4.24. The number of carbonyl (C=O) groups excluding carboxylic acids is 1. The molecule has 6 heteroatoms. The number of hydrogen-bond donors (Lipinski definition) is 4. The maximum atomic E-state index is 12.2. The quantitative estimate of drug-likeness (QED) is 0.155. The molecule has 0 aliphatic carbocycles. The summed E-state index contributed by atoms with van der Waals surface area (Å²) in [6.45, 7) is 1.69. The zero-order chi connectivity index (χ0) is 22.9. The molecule has 3 aromatic carbocycles. The van der Waals surface area contributed by atoms with Crippen molar-refractivity contribution in [3.63, 3.8) is 0 Å². The lowest BCUT2D eigenvalue weighted by Crippen LogP contribution is -2.17. The van der Waals surface area contributed by atoms with Crippen molar-refractivity contribution < 1.29 is 20.1 Å². The molecule has 3 rings (SSSR count). The van der Waals surface area contributed by atoms with Gasteiger partial charge in [0, 0.05) is 12.0 Å². The minimum atomic E-state index is -0.439. The molecule has 0 heterocycles. The van der Waals surface area contributed by atoms with Gasteiger partial charge >= 0.3 is 0 Å². The number of rotatable bonds is 6. The van der Waals surface area contributed by atoms with E-state index in [9.17, 15) is 20.1 Å². The van der Waals surface area contributed by atoms with E-state index in [4.69, 9.17) is 0 Å². The topological polar surface area (TPSA) is 102 Å². The van der Waals surface area contributed by atoms with Gasteiger partial charge in [-0.2, -0.15) is 5.10 Å². The van der Waals surface area contributed by atoms with Gasteiger partial charge in [-0.05, 0) is 66.8 Å². The van der Waals surface area contributed by atoms with Gasteiger partial charge in [0.25, 0.3) is 5.91 Å². The highest BCUT2D eigenvalue weighted by Crippen LogP contribution is 2.29. The van der Waals surface area contributed by atoms with Crippen molar-refractivity contribution in [2.75, 3.05) is 0 Å². The van der Waals surface area contributed by atoms with Crippen LogP contribution < -0.4 is 5.43 Å². The summed E-state index contributed by atoms with van der Waals surface area (Å²) in [4.78, 5) is 12.2. The van der Waals surface area contributed by atoms with Gasteiger partial charge in [0.1, 0.15) is 5.75 Å². The molecule has 0 fully saturated rings. The van der Waals surface area contributed by atoms with Crippen LogP contribution in [0.15, 0.2) is 65.8 Å². The fourth-order valence-corrected chi connectivity index (χ4v) is 3.02. The van der Waals surface area contributed by atoms with Crippen molar-refractivity contribution in [3.05, 3.63) is 88.5 Å². The number of amides is 1. The monoisotopic (exact) mass is 428 g/mol. The van der Waals surface area contributed by atoms with Crippen LogP contribution in [-0.2, 0) is 6.42 Å². The first-order valence-electron chi connectivity index (χ1n) is 10.2. The largest absolute Gasteiger partial charge is 0.508 e. The van der Waals surface area contributed by atoms with E-state index in [0.717, 1.165) is 12.8 Å². The van der Waals surface area contributed by atoms with E-state index >= 15 is 0 Å². The van der Waals surface area contributed by atoms with Gasteiger partial charge in [0.2, 0.25) is 0 Å². The molecule has 3 aromatic rings. The minimum absolute atomic E-state index is 0.110. The number of phenols is 3. The first-order valence-corrected chi connectivity index (χ1v) is 10.2. The number of phenolic OH excluding ortho intramolecular Hbond substituents is 3. The lowest BCUT2D eigenvalue weighted by Gasteiger charge is -2.04. The average Bonchev–Trinajstić information content (AvgIpc) is 2.79. The molecule has 0 saturated heterocycles. The van der Waals surface area contributed by atoms with Crippen LogP contribution in [0.3, 0.4) is 0 Å². The maximum absolute atomic E-state index is 12.2. The van der Waals surface area contributed by atoms with Gasteiger partial charge in [-0.15, -0.1) is 0 Å². The number of carbonyl (C=O) groups is 1. The molecular weight excluding hydrogens is 404 g/mol. The van der Waals surface area contributed by atoms with Crippen molar-refractivity contribution >= 4 is 12.1 Å². The Kier molecular flexibility index (Phi) is 7.50. The molecule has 0 saturated carbocycles. The Morgan fingerprint density at radius 2 is 1.81 bits per heavy atom. The molecule has 0 unspecified atom stereocenters. The van der Waals surface area contributed by atoms with Crippen molar-refractivity contribution in [3.8, 4) is 29.1 Å². The average molecular weight is 428 g/mol. The Labute approximate surface area is 186 Å². The van der Waals surface area contributed by atoms with E-state index in [1.54, 1.807) is 19.1 Å². The van der Waals surface area contributed by atoms with Crippen LogP contribution in [0.1, 0.15) is 45.5 Å². The summed E-state index contributed by atoms with van der Waals surface area (Å²) in [6, 6.07) is 17.5. The molecule has 1 amide bonds. The van der Waals surface area contributed by atoms with Gasteiger partial charge in [-0.1, -0.05) is 42.2 Å². The molecular formula is C26H24N2O4. The zero-order valence-corrected chi connectivity index (χ0v) is 17.7. The highest BCUT2D eigenvalue weighted by molar-refractivity contribution is 5.95. The van der Waals surface area contributed by atoms with Crippen LogP contribution in [0.2, 0.25) is 0 Å². The van der Waals surface area contributed by atoms with E-state index in [0.29, 0.717) is 23.1 Å². The van der Waals surface area contributed by atoms with Crippen LogP contribution in [0, 0.1) is 18.8 Å². The second-order valence-corrected chi connectivity index (χ2v) is 7.28. The van der Waals surface area contributed by atoms with Crippen LogP contribution in [-0.4, -0.2) is 27.4 Å². The number of aryl methyl sites for hydroxylation is 2. The third-order valence-electron chi connectivity index (χ3n) is 4.78. The van der Waals surface area contributed by atoms with E-state index in [1.165, 1.54) is 30.0 Å². The number of aromatic hydroxyl groups is 3. The molecule has 0 aliphatic rings. The van der Waals surface area contributed by atoms with Crippen molar-refractivity contribution in [2.45, 2.75) is 26.2 Å². The molecule has 0 atom stereocenters. The summed E-state index contributed by atoms with van der Waals surface area (Å²) in [5.74, 6) is 4.96. The van der Waals surface area contributed by atoms with E-state index in [-0.39, 0.29) is 22.8 Å². The van der Waals surface area contributed by atoms with Crippen LogP contribution in [0.25, 0.3) is 0 Å². The standard InChI is InChI=1S/C26H24N2O4/c1-18-14-22(12-13-23(18)29)26(32)28-27-17-20-15-21(25(31)24(30)16-20)11-7-3-6-10-19-8-4-2-5-9-19/h2,4-5,8-9,12-17,29-31H,3,6,10H2,1H3,(H,28,32)/b27-17+. The SMILES string of the molecule is Cc1cc(C(=O)N/N=C/c2cc(O)c(O)c(C#CCCCc3ccccc3)c2)ccc1O. The zero-order valence-electron chi connectivity index (χ0n) is 17.7. The fourth-order valence-electron chi connectivity index (χ4n) is 3.02. The smallest absolute Gasteiger partial charge is 0.271 e. The number of hydrazone groups is 1. The molecule has 0 radical (unpaired) electrons. The molecule has 4 N–H and O–H groups in total. The van der Waals surface area contributed by atoms with Crippen molar-refractivity contribution in [1.29, 1.82) is 0 Å². The van der Waals surface area contributed by atoms with Gasteiger partial charge in [-0.3, -0.25) is 4.79 Å². The Bertz CT molecular complexity index is 1190. The Morgan fingerprint density at radius 3 is 2.56 bits per heavy atom. The minimum Gasteiger partial charge on any atom is -0.508 e. The second-order valence-electron chi connectivity index (χ2n) is 7.28. The maximum Gasteiger partial charge on any atom is 0.271 e. The third kappa shape index (κ3) is 6.13. The first kappa shape index (κ1) is 22.4. The van der Waals surface area contributed by atoms with Crippen LogP contribution in [0.4, 0.5) is 0 Å². The molecule has 6 nitrogen and oxygen atoms in total. The Morgan fingerprint density at radius 1 is 1.03 bits per heavy atom. The summed E-state index contributed by atoms with van der Waals surface area (Å²) in [5.41, 5.74) is 5.33. The number of hydrogen-bond acceptors (Lipinski definition) is 5. The van der Waals surface area contributed by atoms with E-state index < -0.39 is 5.91 Å². The van der Waals surface area contributed by atoms with Crippen LogP contribution >= 0.6 is 0 Å². The normalized spacial score (nSPS) is 10.5. The molecule has 0 bridgehead atoms. The van der Waals surface area contributed by atoms with Crippen molar-refractivity contribution in [1.82, 2.24) is 5.43 Å². The van der Waals surface area contributed by atoms with Crippen LogP contribution in [0.5, 0.6) is 17.2 Å². The highest BCUT2D eigenvalue weighted by atomic mass is 16.3. The third-order valence-corrected chi connectivity index (χ3v) is 4.78. The van der Waals surface area contributed by atoms with Gasteiger partial charge in [0.15, 0.2) is 11.5 Å². The van der Waals surface area contributed by atoms with Gasteiger partial charge in [-0.25, -0.2) is 5.43 Å². The van der Waals surface area contributed by atoms with E-state index in [2.05, 4.69) is 34.5 Å². The molecule has 0 aliphatic heterocycles. The molecule has 32 heavy (non-hydrogen) atoms. The summed E-state index contributed by atoms with van der Waals surface area (Å²) in [7, 11) is 0. The highest BCUT2D eigenvalue weighted by Gasteiger charge is 2.08. The number of nitrogens with zero attached hydrogens (tertiary/aromatic N) is 1. The summed E-state index contributed by atoms with van der Waals surface area (Å²) in [6.07, 6.45) is 3.80.